The molecule has 14 heavy (non-hydrogen) atoms. The fourth-order valence-corrected chi connectivity index (χ4v) is 2.43. The molecule has 1 aromatic carbocycles. The summed E-state index contributed by atoms with van der Waals surface area (Å²) in [4.78, 5) is 0. The molecule has 0 aliphatic heterocycles. The third-order valence-electron chi connectivity index (χ3n) is 3.21. The molecule has 0 unspecified atom stereocenters. The van der Waals surface area contributed by atoms with Crippen LogP contribution in [0.25, 0.3) is 0 Å². The molecule has 2 N–H and O–H groups in total. The fraction of sp³-hybridized carbons (Fsp3) is 0.538. The molecule has 0 heterocycles. The molecular formula is C13H18N. The second-order valence-electron chi connectivity index (χ2n) is 4.15. The molecule has 1 aliphatic rings. The van der Waals surface area contributed by atoms with Gasteiger partial charge < -0.3 is 5.73 Å². The Morgan fingerprint density at radius 1 is 1.29 bits per heavy atom. The highest BCUT2D eigenvalue weighted by Crippen LogP contribution is 2.33. The van der Waals surface area contributed by atoms with Gasteiger partial charge in [-0.05, 0) is 36.0 Å². The standard InChI is InChI=1S/C13H18N/c14-10-12-8-4-5-9-13(12)11-6-2-1-3-7-11/h4-5,8,11H,1-3,6-7,10,14H2. The first kappa shape index (κ1) is 9.72. The van der Waals surface area contributed by atoms with E-state index in [2.05, 4.69) is 12.1 Å². The van der Waals surface area contributed by atoms with E-state index in [4.69, 9.17) is 5.73 Å². The van der Waals surface area contributed by atoms with Crippen LogP contribution in [-0.2, 0) is 6.54 Å². The molecule has 0 bridgehead atoms. The molecule has 0 amide bonds. The zero-order valence-electron chi connectivity index (χ0n) is 8.63. The summed E-state index contributed by atoms with van der Waals surface area (Å²) in [5.74, 6) is 0.725. The average molecular weight is 188 g/mol. The first-order valence-corrected chi connectivity index (χ1v) is 5.61. The molecule has 1 heteroatoms. The van der Waals surface area contributed by atoms with Crippen molar-refractivity contribution in [3.8, 4) is 0 Å². The zero-order valence-corrected chi connectivity index (χ0v) is 8.63. The van der Waals surface area contributed by atoms with Gasteiger partial charge in [0.15, 0.2) is 0 Å². The van der Waals surface area contributed by atoms with Gasteiger partial charge in [0.05, 0.1) is 0 Å². The average Bonchev–Trinajstić information content (AvgIpc) is 2.30. The quantitative estimate of drug-likeness (QED) is 0.758. The molecule has 1 aliphatic carbocycles. The van der Waals surface area contributed by atoms with E-state index in [1.165, 1.54) is 43.2 Å². The van der Waals surface area contributed by atoms with Gasteiger partial charge in [-0.3, -0.25) is 0 Å². The van der Waals surface area contributed by atoms with Crippen molar-refractivity contribution in [1.29, 1.82) is 0 Å². The highest BCUT2D eigenvalue weighted by molar-refractivity contribution is 5.29. The number of benzene rings is 1. The molecule has 1 fully saturated rings. The van der Waals surface area contributed by atoms with Crippen LogP contribution in [0.5, 0.6) is 0 Å². The summed E-state index contributed by atoms with van der Waals surface area (Å²) in [6, 6.07) is 9.57. The van der Waals surface area contributed by atoms with E-state index in [1.54, 1.807) is 0 Å². The normalized spacial score (nSPS) is 18.4. The van der Waals surface area contributed by atoms with Gasteiger partial charge in [-0.15, -0.1) is 0 Å². The van der Waals surface area contributed by atoms with Crippen molar-refractivity contribution in [3.63, 3.8) is 0 Å². The van der Waals surface area contributed by atoms with E-state index >= 15 is 0 Å². The summed E-state index contributed by atoms with van der Waals surface area (Å²) < 4.78 is 0. The van der Waals surface area contributed by atoms with Gasteiger partial charge in [0.25, 0.3) is 0 Å². The molecule has 0 atom stereocenters. The van der Waals surface area contributed by atoms with Gasteiger partial charge in [-0.25, -0.2) is 0 Å². The second kappa shape index (κ2) is 4.61. The molecular weight excluding hydrogens is 170 g/mol. The van der Waals surface area contributed by atoms with Crippen molar-refractivity contribution in [3.05, 3.63) is 35.4 Å². The fourth-order valence-electron chi connectivity index (χ4n) is 2.43. The zero-order chi connectivity index (χ0) is 9.80. The van der Waals surface area contributed by atoms with Crippen molar-refractivity contribution < 1.29 is 0 Å². The smallest absolute Gasteiger partial charge is 0.0181 e. The van der Waals surface area contributed by atoms with Crippen LogP contribution in [0.15, 0.2) is 18.2 Å². The van der Waals surface area contributed by atoms with E-state index in [1.807, 2.05) is 12.1 Å². The topological polar surface area (TPSA) is 26.0 Å². The molecule has 1 saturated carbocycles. The van der Waals surface area contributed by atoms with Crippen molar-refractivity contribution in [1.82, 2.24) is 0 Å². The Morgan fingerprint density at radius 3 is 2.79 bits per heavy atom. The highest BCUT2D eigenvalue weighted by Gasteiger charge is 2.17. The summed E-state index contributed by atoms with van der Waals surface area (Å²) in [5.41, 5.74) is 8.41. The van der Waals surface area contributed by atoms with Crippen LogP contribution in [0, 0.1) is 6.07 Å². The minimum absolute atomic E-state index is 0.656. The Hall–Kier alpha value is -0.820. The maximum atomic E-state index is 5.74. The molecule has 1 aromatic rings. The van der Waals surface area contributed by atoms with Crippen LogP contribution in [0.3, 0.4) is 0 Å². The second-order valence-corrected chi connectivity index (χ2v) is 4.15. The molecule has 1 radical (unpaired) electrons. The molecule has 0 spiro atoms. The van der Waals surface area contributed by atoms with Gasteiger partial charge in [0, 0.05) is 6.54 Å². The summed E-state index contributed by atoms with van der Waals surface area (Å²) >= 11 is 0. The third-order valence-corrected chi connectivity index (χ3v) is 3.21. The van der Waals surface area contributed by atoms with Crippen molar-refractivity contribution in [2.24, 2.45) is 5.73 Å². The number of hydrogen-bond donors (Lipinski definition) is 1. The van der Waals surface area contributed by atoms with Crippen LogP contribution < -0.4 is 5.73 Å². The number of rotatable bonds is 2. The Bertz CT molecular complexity index is 287. The lowest BCUT2D eigenvalue weighted by Crippen LogP contribution is -2.09. The largest absolute Gasteiger partial charge is 0.326 e. The Balaban J connectivity index is 2.20. The van der Waals surface area contributed by atoms with Gasteiger partial charge in [-0.2, -0.15) is 0 Å². The van der Waals surface area contributed by atoms with E-state index in [0.29, 0.717) is 6.54 Å². The Labute approximate surface area is 86.3 Å². The van der Waals surface area contributed by atoms with Crippen molar-refractivity contribution in [2.75, 3.05) is 0 Å². The first-order valence-electron chi connectivity index (χ1n) is 5.61. The highest BCUT2D eigenvalue weighted by atomic mass is 14.5. The molecule has 0 aromatic heterocycles. The summed E-state index contributed by atoms with van der Waals surface area (Å²) in [7, 11) is 0. The Morgan fingerprint density at radius 2 is 2.07 bits per heavy atom. The van der Waals surface area contributed by atoms with E-state index < -0.39 is 0 Å². The summed E-state index contributed by atoms with van der Waals surface area (Å²) in [5, 5.41) is 0. The van der Waals surface area contributed by atoms with Crippen LogP contribution in [-0.4, -0.2) is 0 Å². The predicted molar refractivity (Wildman–Crippen MR) is 59.0 cm³/mol. The van der Waals surface area contributed by atoms with Gasteiger partial charge >= 0.3 is 0 Å². The lowest BCUT2D eigenvalue weighted by Gasteiger charge is -2.23. The summed E-state index contributed by atoms with van der Waals surface area (Å²) in [6.45, 7) is 0.656. The van der Waals surface area contributed by atoms with E-state index in [9.17, 15) is 0 Å². The van der Waals surface area contributed by atoms with Crippen molar-refractivity contribution in [2.45, 2.75) is 44.6 Å². The number of nitrogens with two attached hydrogens (primary N) is 1. The molecule has 2 rings (SSSR count). The SMILES string of the molecule is NCc1ccc[c]c1C1CCCCC1. The summed E-state index contributed by atoms with van der Waals surface area (Å²) in [6.07, 6.45) is 6.80. The third kappa shape index (κ3) is 1.98. The van der Waals surface area contributed by atoms with Crippen LogP contribution in [0.4, 0.5) is 0 Å². The maximum absolute atomic E-state index is 5.74. The maximum Gasteiger partial charge on any atom is 0.0181 e. The molecule has 75 valence electrons. The van der Waals surface area contributed by atoms with Crippen molar-refractivity contribution >= 4 is 0 Å². The van der Waals surface area contributed by atoms with Gasteiger partial charge in [0.2, 0.25) is 0 Å². The molecule has 0 saturated heterocycles. The van der Waals surface area contributed by atoms with Crippen LogP contribution in [0.1, 0.15) is 49.1 Å². The lowest BCUT2D eigenvalue weighted by atomic mass is 9.82. The number of hydrogen-bond acceptors (Lipinski definition) is 1. The van der Waals surface area contributed by atoms with Gasteiger partial charge in [-0.1, -0.05) is 37.5 Å². The predicted octanol–water partition coefficient (Wildman–Crippen LogP) is 2.99. The van der Waals surface area contributed by atoms with Crippen LogP contribution in [0.2, 0.25) is 0 Å². The van der Waals surface area contributed by atoms with E-state index in [0.717, 1.165) is 5.92 Å². The van der Waals surface area contributed by atoms with E-state index in [-0.39, 0.29) is 0 Å². The minimum Gasteiger partial charge on any atom is -0.326 e. The minimum atomic E-state index is 0.656. The van der Waals surface area contributed by atoms with Crippen LogP contribution >= 0.6 is 0 Å². The lowest BCUT2D eigenvalue weighted by molar-refractivity contribution is 0.441. The first-order chi connectivity index (χ1) is 6.92. The van der Waals surface area contributed by atoms with Gasteiger partial charge in [0.1, 0.15) is 0 Å². The molecule has 1 nitrogen and oxygen atoms in total. The Kier molecular flexibility index (Phi) is 3.20. The monoisotopic (exact) mass is 188 g/mol.